The number of carbonyl (C=O) groups is 1. The van der Waals surface area contributed by atoms with E-state index in [2.05, 4.69) is 4.72 Å². The van der Waals surface area contributed by atoms with Crippen LogP contribution in [0.2, 0.25) is 0 Å². The van der Waals surface area contributed by atoms with Crippen molar-refractivity contribution in [1.82, 2.24) is 4.72 Å². The maximum Gasteiger partial charge on any atom is 0.339 e. The Bertz CT molecular complexity index is 580. The van der Waals surface area contributed by atoms with Crippen molar-refractivity contribution in [3.8, 4) is 5.75 Å². The highest BCUT2D eigenvalue weighted by Crippen LogP contribution is 2.22. The number of nitrogens with one attached hydrogen (secondary N) is 1. The summed E-state index contributed by atoms with van der Waals surface area (Å²) < 4.78 is 31.3. The van der Waals surface area contributed by atoms with Crippen LogP contribution in [0.3, 0.4) is 0 Å². The molecule has 0 heterocycles. The number of carboxylic acid groups (broad SMARTS) is 1. The molecular weight excluding hydrogens is 286 g/mol. The van der Waals surface area contributed by atoms with Crippen molar-refractivity contribution >= 4 is 16.0 Å². The van der Waals surface area contributed by atoms with Gasteiger partial charge in [-0.3, -0.25) is 0 Å². The van der Waals surface area contributed by atoms with E-state index in [9.17, 15) is 13.2 Å². The van der Waals surface area contributed by atoms with Gasteiger partial charge in [0, 0.05) is 6.04 Å². The van der Waals surface area contributed by atoms with Gasteiger partial charge < -0.3 is 14.9 Å². The van der Waals surface area contributed by atoms with E-state index in [-0.39, 0.29) is 22.8 Å². The third-order valence-corrected chi connectivity index (χ3v) is 4.26. The van der Waals surface area contributed by atoms with Gasteiger partial charge in [-0.05, 0) is 24.6 Å². The number of aliphatic hydroxyl groups is 1. The van der Waals surface area contributed by atoms with Crippen LogP contribution in [0, 0.1) is 0 Å². The summed E-state index contributed by atoms with van der Waals surface area (Å²) in [6.45, 7) is 1.39. The molecule has 0 aliphatic carbocycles. The smallest absolute Gasteiger partial charge is 0.339 e. The van der Waals surface area contributed by atoms with Crippen LogP contribution in [0.4, 0.5) is 0 Å². The lowest BCUT2D eigenvalue weighted by molar-refractivity contribution is 0.0693. The Balaban J connectivity index is 3.19. The number of hydrogen-bond donors (Lipinski definition) is 3. The Kier molecular flexibility index (Phi) is 5.49. The summed E-state index contributed by atoms with van der Waals surface area (Å²) in [6, 6.07) is 2.93. The van der Waals surface area contributed by atoms with E-state index in [1.165, 1.54) is 19.2 Å². The molecule has 0 saturated heterocycles. The summed E-state index contributed by atoms with van der Waals surface area (Å²) in [5, 5.41) is 18.0. The van der Waals surface area contributed by atoms with E-state index in [0.717, 1.165) is 6.07 Å². The predicted octanol–water partition coefficient (Wildman–Crippen LogP) is 0.443. The van der Waals surface area contributed by atoms with Gasteiger partial charge in [-0.15, -0.1) is 0 Å². The van der Waals surface area contributed by atoms with Crippen molar-refractivity contribution < 1.29 is 28.2 Å². The summed E-state index contributed by atoms with van der Waals surface area (Å²) in [5.74, 6) is -1.21. The van der Waals surface area contributed by atoms with Gasteiger partial charge in [-0.1, -0.05) is 6.92 Å². The standard InChI is InChI=1S/C12H17NO6S/c1-3-8(7-14)13-20(17,18)9-4-5-11(19-2)10(6-9)12(15)16/h4-6,8,13-14H,3,7H2,1-2H3,(H,15,16)/t8-/m0/s1. The monoisotopic (exact) mass is 303 g/mol. The third-order valence-electron chi connectivity index (χ3n) is 2.75. The van der Waals surface area contributed by atoms with Crippen molar-refractivity contribution in [1.29, 1.82) is 0 Å². The lowest BCUT2D eigenvalue weighted by Crippen LogP contribution is -2.36. The van der Waals surface area contributed by atoms with Gasteiger partial charge in [-0.25, -0.2) is 17.9 Å². The van der Waals surface area contributed by atoms with Crippen molar-refractivity contribution in [2.75, 3.05) is 13.7 Å². The number of rotatable bonds is 7. The van der Waals surface area contributed by atoms with E-state index in [1.807, 2.05) is 0 Å². The van der Waals surface area contributed by atoms with Crippen LogP contribution in [0.15, 0.2) is 23.1 Å². The van der Waals surface area contributed by atoms with Gasteiger partial charge in [0.1, 0.15) is 11.3 Å². The van der Waals surface area contributed by atoms with E-state index in [0.29, 0.717) is 6.42 Å². The first kappa shape index (κ1) is 16.4. The zero-order chi connectivity index (χ0) is 15.3. The zero-order valence-corrected chi connectivity index (χ0v) is 12.0. The van der Waals surface area contributed by atoms with Crippen molar-refractivity contribution in [2.45, 2.75) is 24.3 Å². The second-order valence-corrected chi connectivity index (χ2v) is 5.79. The van der Waals surface area contributed by atoms with Crippen LogP contribution in [0.25, 0.3) is 0 Å². The molecule has 3 N–H and O–H groups in total. The first-order chi connectivity index (χ1) is 9.35. The second-order valence-electron chi connectivity index (χ2n) is 4.08. The quantitative estimate of drug-likeness (QED) is 0.674. The van der Waals surface area contributed by atoms with Gasteiger partial charge in [0.05, 0.1) is 18.6 Å². The fourth-order valence-electron chi connectivity index (χ4n) is 1.56. The molecule has 0 amide bonds. The van der Waals surface area contributed by atoms with E-state index < -0.39 is 22.0 Å². The Morgan fingerprint density at radius 1 is 1.45 bits per heavy atom. The Hall–Kier alpha value is -1.64. The highest BCUT2D eigenvalue weighted by atomic mass is 32.2. The van der Waals surface area contributed by atoms with Gasteiger partial charge in [0.15, 0.2) is 0 Å². The SMILES string of the molecule is CC[C@@H](CO)NS(=O)(=O)c1ccc(OC)c(C(=O)O)c1. The number of hydrogen-bond acceptors (Lipinski definition) is 5. The molecule has 20 heavy (non-hydrogen) atoms. The number of methoxy groups -OCH3 is 1. The molecule has 8 heteroatoms. The van der Waals surface area contributed by atoms with Crippen LogP contribution >= 0.6 is 0 Å². The second kappa shape index (κ2) is 6.69. The first-order valence-electron chi connectivity index (χ1n) is 5.90. The molecule has 1 aromatic rings. The molecule has 0 fully saturated rings. The molecule has 0 aromatic heterocycles. The minimum absolute atomic E-state index is 0.0747. The molecule has 0 unspecified atom stereocenters. The number of carboxylic acids is 1. The molecule has 0 aliphatic rings. The van der Waals surface area contributed by atoms with Crippen LogP contribution < -0.4 is 9.46 Å². The third kappa shape index (κ3) is 3.69. The molecule has 0 spiro atoms. The van der Waals surface area contributed by atoms with Crippen LogP contribution in [0.5, 0.6) is 5.75 Å². The minimum Gasteiger partial charge on any atom is -0.496 e. The molecular formula is C12H17NO6S. The topological polar surface area (TPSA) is 113 Å². The summed E-state index contributed by atoms with van der Waals surface area (Å²) >= 11 is 0. The fraction of sp³-hybridized carbons (Fsp3) is 0.417. The molecule has 1 aromatic carbocycles. The zero-order valence-electron chi connectivity index (χ0n) is 11.2. The molecule has 0 bridgehead atoms. The molecule has 1 rings (SSSR count). The van der Waals surface area contributed by atoms with Crippen molar-refractivity contribution in [2.24, 2.45) is 0 Å². The summed E-state index contributed by atoms with van der Waals surface area (Å²) in [7, 11) is -2.59. The number of benzene rings is 1. The van der Waals surface area contributed by atoms with Crippen molar-refractivity contribution in [3.05, 3.63) is 23.8 Å². The molecule has 112 valence electrons. The lowest BCUT2D eigenvalue weighted by atomic mass is 10.2. The average Bonchev–Trinajstić information content (AvgIpc) is 2.43. The molecule has 7 nitrogen and oxygen atoms in total. The summed E-state index contributed by atoms with van der Waals surface area (Å²) in [6.07, 6.45) is 0.414. The maximum absolute atomic E-state index is 12.1. The fourth-order valence-corrected chi connectivity index (χ4v) is 2.89. The van der Waals surface area contributed by atoms with Gasteiger partial charge in [0.2, 0.25) is 10.0 Å². The first-order valence-corrected chi connectivity index (χ1v) is 7.38. The average molecular weight is 303 g/mol. The highest BCUT2D eigenvalue weighted by Gasteiger charge is 2.21. The molecule has 1 atom stereocenters. The number of aromatic carboxylic acids is 1. The van der Waals surface area contributed by atoms with E-state index in [1.54, 1.807) is 6.92 Å². The van der Waals surface area contributed by atoms with Crippen LogP contribution in [0.1, 0.15) is 23.7 Å². The minimum atomic E-state index is -3.89. The normalized spacial score (nSPS) is 12.9. The summed E-state index contributed by atoms with van der Waals surface area (Å²) in [4.78, 5) is 10.9. The van der Waals surface area contributed by atoms with Gasteiger partial charge >= 0.3 is 5.97 Å². The van der Waals surface area contributed by atoms with E-state index in [4.69, 9.17) is 14.9 Å². The van der Waals surface area contributed by atoms with Crippen molar-refractivity contribution in [3.63, 3.8) is 0 Å². The van der Waals surface area contributed by atoms with Crippen LogP contribution in [-0.4, -0.2) is 44.4 Å². The van der Waals surface area contributed by atoms with Gasteiger partial charge in [0.25, 0.3) is 0 Å². The Labute approximate surface area is 117 Å². The van der Waals surface area contributed by atoms with Gasteiger partial charge in [-0.2, -0.15) is 0 Å². The Morgan fingerprint density at radius 3 is 2.55 bits per heavy atom. The highest BCUT2D eigenvalue weighted by molar-refractivity contribution is 7.89. The number of ether oxygens (including phenoxy) is 1. The van der Waals surface area contributed by atoms with E-state index >= 15 is 0 Å². The number of aliphatic hydroxyl groups excluding tert-OH is 1. The molecule has 0 aliphatic heterocycles. The molecule has 0 saturated carbocycles. The molecule has 0 radical (unpaired) electrons. The maximum atomic E-state index is 12.1. The van der Waals surface area contributed by atoms with Crippen LogP contribution in [-0.2, 0) is 10.0 Å². The summed E-state index contributed by atoms with van der Waals surface area (Å²) in [5.41, 5.74) is -0.243. The predicted molar refractivity (Wildman–Crippen MR) is 71.4 cm³/mol. The Morgan fingerprint density at radius 2 is 2.10 bits per heavy atom. The number of sulfonamides is 1. The lowest BCUT2D eigenvalue weighted by Gasteiger charge is -2.15. The largest absolute Gasteiger partial charge is 0.496 e.